The second kappa shape index (κ2) is 3.52. The average molecular weight is 302 g/mol. The molecule has 0 bridgehead atoms. The lowest BCUT2D eigenvalue weighted by Crippen LogP contribution is -2.14. The van der Waals surface area contributed by atoms with Crippen molar-refractivity contribution in [3.8, 4) is 11.6 Å². The van der Waals surface area contributed by atoms with Gasteiger partial charge in [-0.05, 0) is 29.5 Å². The second-order valence-electron chi connectivity index (χ2n) is 2.75. The molecular formula is C8H7IN4O. The van der Waals surface area contributed by atoms with Crippen LogP contribution in [0.25, 0.3) is 11.6 Å². The molecule has 0 aliphatic carbocycles. The van der Waals surface area contributed by atoms with Gasteiger partial charge in [0.1, 0.15) is 0 Å². The van der Waals surface area contributed by atoms with Gasteiger partial charge in [0.2, 0.25) is 0 Å². The molecule has 6 heteroatoms. The summed E-state index contributed by atoms with van der Waals surface area (Å²) in [6, 6.07) is 0. The Morgan fingerprint density at radius 1 is 1.43 bits per heavy atom. The summed E-state index contributed by atoms with van der Waals surface area (Å²) in [5, 5.41) is 0. The van der Waals surface area contributed by atoms with Crippen LogP contribution in [0.15, 0.2) is 17.2 Å². The van der Waals surface area contributed by atoms with E-state index in [1.54, 1.807) is 19.3 Å². The minimum absolute atomic E-state index is 0.135. The van der Waals surface area contributed by atoms with Crippen molar-refractivity contribution in [3.05, 3.63) is 32.0 Å². The maximum Gasteiger partial charge on any atom is 0.264 e. The first kappa shape index (κ1) is 9.38. The number of halogens is 1. The average Bonchev–Trinajstić information content (AvgIpc) is 2.66. The van der Waals surface area contributed by atoms with Crippen molar-refractivity contribution in [3.63, 3.8) is 0 Å². The standard InChI is InChI=1S/C8H7IN4O/c1-4-5(9)8(14)13-7(12-4)6-10-2-3-11-6/h2-3H,1H3,(H,10,11)(H,12,13,14). The van der Waals surface area contributed by atoms with E-state index in [9.17, 15) is 4.79 Å². The molecule has 0 saturated heterocycles. The largest absolute Gasteiger partial charge is 0.342 e. The first-order valence-corrected chi connectivity index (χ1v) is 5.02. The molecule has 0 aliphatic rings. The highest BCUT2D eigenvalue weighted by Crippen LogP contribution is 2.09. The van der Waals surface area contributed by atoms with Crippen LogP contribution < -0.4 is 5.56 Å². The smallest absolute Gasteiger partial charge is 0.264 e. The molecule has 0 spiro atoms. The Morgan fingerprint density at radius 2 is 2.21 bits per heavy atom. The molecule has 14 heavy (non-hydrogen) atoms. The van der Waals surface area contributed by atoms with E-state index in [-0.39, 0.29) is 5.56 Å². The number of aryl methyl sites for hydroxylation is 1. The number of aromatic amines is 2. The quantitative estimate of drug-likeness (QED) is 0.774. The zero-order chi connectivity index (χ0) is 10.1. The summed E-state index contributed by atoms with van der Waals surface area (Å²) in [5.41, 5.74) is 0.574. The minimum atomic E-state index is -0.135. The molecule has 0 saturated carbocycles. The number of imidazole rings is 1. The Labute approximate surface area is 93.1 Å². The summed E-state index contributed by atoms with van der Waals surface area (Å²) in [7, 11) is 0. The van der Waals surface area contributed by atoms with Crippen molar-refractivity contribution in [2.45, 2.75) is 6.92 Å². The molecule has 5 nitrogen and oxygen atoms in total. The third-order valence-electron chi connectivity index (χ3n) is 1.75. The number of nitrogens with zero attached hydrogens (tertiary/aromatic N) is 2. The van der Waals surface area contributed by atoms with Gasteiger partial charge in [0.25, 0.3) is 5.56 Å². The topological polar surface area (TPSA) is 74.4 Å². The van der Waals surface area contributed by atoms with Crippen molar-refractivity contribution >= 4 is 22.6 Å². The number of rotatable bonds is 1. The number of aromatic nitrogens is 4. The van der Waals surface area contributed by atoms with Crippen molar-refractivity contribution < 1.29 is 0 Å². The lowest BCUT2D eigenvalue weighted by atomic mass is 10.4. The van der Waals surface area contributed by atoms with Crippen LogP contribution in [0, 0.1) is 10.5 Å². The molecule has 2 aromatic rings. The van der Waals surface area contributed by atoms with Crippen molar-refractivity contribution in [2.75, 3.05) is 0 Å². The van der Waals surface area contributed by atoms with Gasteiger partial charge in [0.15, 0.2) is 11.6 Å². The summed E-state index contributed by atoms with van der Waals surface area (Å²) < 4.78 is 0.609. The Bertz CT molecular complexity index is 503. The van der Waals surface area contributed by atoms with E-state index in [1.807, 2.05) is 22.6 Å². The highest BCUT2D eigenvalue weighted by Gasteiger charge is 2.07. The highest BCUT2D eigenvalue weighted by atomic mass is 127. The third-order valence-corrected chi connectivity index (χ3v) is 3.02. The fraction of sp³-hybridized carbons (Fsp3) is 0.125. The molecule has 0 radical (unpaired) electrons. The molecule has 0 aromatic carbocycles. The number of H-pyrrole nitrogens is 2. The van der Waals surface area contributed by atoms with Crippen molar-refractivity contribution in [1.82, 2.24) is 19.9 Å². The van der Waals surface area contributed by atoms with Crippen molar-refractivity contribution in [2.24, 2.45) is 0 Å². The van der Waals surface area contributed by atoms with E-state index < -0.39 is 0 Å². The molecule has 0 unspecified atom stereocenters. The van der Waals surface area contributed by atoms with Gasteiger partial charge in [-0.1, -0.05) is 0 Å². The third kappa shape index (κ3) is 1.57. The van der Waals surface area contributed by atoms with Crippen LogP contribution in [0.5, 0.6) is 0 Å². The molecule has 0 aliphatic heterocycles. The molecule has 0 amide bonds. The van der Waals surface area contributed by atoms with Crippen LogP contribution in [-0.2, 0) is 0 Å². The van der Waals surface area contributed by atoms with E-state index in [0.717, 1.165) is 0 Å². The molecule has 72 valence electrons. The van der Waals surface area contributed by atoms with Gasteiger partial charge in [-0.15, -0.1) is 0 Å². The Hall–Kier alpha value is -1.18. The SMILES string of the molecule is Cc1nc(-c2ncc[nH]2)[nH]c(=O)c1I. The van der Waals surface area contributed by atoms with Gasteiger partial charge < -0.3 is 9.97 Å². The number of hydrogen-bond donors (Lipinski definition) is 2. The molecular weight excluding hydrogens is 295 g/mol. The zero-order valence-corrected chi connectivity index (χ0v) is 9.49. The van der Waals surface area contributed by atoms with Crippen molar-refractivity contribution in [1.29, 1.82) is 0 Å². The summed E-state index contributed by atoms with van der Waals surface area (Å²) in [6.07, 6.45) is 3.30. The van der Waals surface area contributed by atoms with E-state index in [0.29, 0.717) is 20.9 Å². The van der Waals surface area contributed by atoms with Gasteiger partial charge in [0, 0.05) is 12.4 Å². The monoisotopic (exact) mass is 302 g/mol. The summed E-state index contributed by atoms with van der Waals surface area (Å²) >= 11 is 1.97. The predicted octanol–water partition coefficient (Wildman–Crippen LogP) is 1.07. The van der Waals surface area contributed by atoms with Gasteiger partial charge >= 0.3 is 0 Å². The molecule has 2 heterocycles. The molecule has 2 aromatic heterocycles. The summed E-state index contributed by atoms with van der Waals surface area (Å²) in [4.78, 5) is 25.2. The maximum absolute atomic E-state index is 11.4. The molecule has 2 N–H and O–H groups in total. The fourth-order valence-electron chi connectivity index (χ4n) is 1.08. The minimum Gasteiger partial charge on any atom is -0.342 e. The van der Waals surface area contributed by atoms with E-state index in [2.05, 4.69) is 19.9 Å². The van der Waals surface area contributed by atoms with Gasteiger partial charge in [-0.2, -0.15) is 0 Å². The Balaban J connectivity index is 2.63. The van der Waals surface area contributed by atoms with Gasteiger partial charge in [0.05, 0.1) is 9.26 Å². The van der Waals surface area contributed by atoms with E-state index in [4.69, 9.17) is 0 Å². The van der Waals surface area contributed by atoms with Crippen LogP contribution in [0.4, 0.5) is 0 Å². The van der Waals surface area contributed by atoms with Crippen LogP contribution in [0.2, 0.25) is 0 Å². The zero-order valence-electron chi connectivity index (χ0n) is 7.34. The van der Waals surface area contributed by atoms with Crippen LogP contribution in [-0.4, -0.2) is 19.9 Å². The molecule has 2 rings (SSSR count). The van der Waals surface area contributed by atoms with Gasteiger partial charge in [-0.25, -0.2) is 9.97 Å². The number of hydrogen-bond acceptors (Lipinski definition) is 3. The second-order valence-corrected chi connectivity index (χ2v) is 3.83. The molecule has 0 atom stereocenters. The van der Waals surface area contributed by atoms with E-state index >= 15 is 0 Å². The first-order valence-electron chi connectivity index (χ1n) is 3.94. The Morgan fingerprint density at radius 3 is 2.79 bits per heavy atom. The van der Waals surface area contributed by atoms with Crippen LogP contribution in [0.3, 0.4) is 0 Å². The maximum atomic E-state index is 11.4. The van der Waals surface area contributed by atoms with Crippen LogP contribution >= 0.6 is 22.6 Å². The Kier molecular flexibility index (Phi) is 2.36. The first-order chi connectivity index (χ1) is 6.68. The lowest BCUT2D eigenvalue weighted by molar-refractivity contribution is 1.03. The fourth-order valence-corrected chi connectivity index (χ4v) is 1.33. The van der Waals surface area contributed by atoms with Crippen LogP contribution in [0.1, 0.15) is 5.69 Å². The normalized spacial score (nSPS) is 10.4. The summed E-state index contributed by atoms with van der Waals surface area (Å²) in [6.45, 7) is 1.80. The van der Waals surface area contributed by atoms with Gasteiger partial charge in [-0.3, -0.25) is 4.79 Å². The summed E-state index contributed by atoms with van der Waals surface area (Å²) in [5.74, 6) is 1.04. The lowest BCUT2D eigenvalue weighted by Gasteiger charge is -1.99. The molecule has 0 fully saturated rings. The van der Waals surface area contributed by atoms with E-state index in [1.165, 1.54) is 0 Å². The number of nitrogens with one attached hydrogen (secondary N) is 2. The highest BCUT2D eigenvalue weighted by molar-refractivity contribution is 14.1. The predicted molar refractivity (Wildman–Crippen MR) is 59.9 cm³/mol.